The Bertz CT molecular complexity index is 498. The average molecular weight is 263 g/mol. The number of rotatable bonds is 3. The van der Waals surface area contributed by atoms with Crippen molar-refractivity contribution in [1.29, 1.82) is 0 Å². The molecule has 0 fully saturated rings. The summed E-state index contributed by atoms with van der Waals surface area (Å²) in [4.78, 5) is 23.1. The molecule has 0 spiro atoms. The van der Waals surface area contributed by atoms with Gasteiger partial charge in [0, 0.05) is 5.69 Å². The number of benzene rings is 1. The van der Waals surface area contributed by atoms with Gasteiger partial charge in [-0.15, -0.1) is 0 Å². The maximum atomic E-state index is 12.1. The lowest BCUT2D eigenvalue weighted by Crippen LogP contribution is -2.38. The van der Waals surface area contributed by atoms with Crippen LogP contribution in [0.5, 0.6) is 0 Å². The molecule has 4 nitrogen and oxygen atoms in total. The molecule has 1 rings (SSSR count). The van der Waals surface area contributed by atoms with Gasteiger partial charge in [0.15, 0.2) is 0 Å². The number of carboxylic acid groups (broad SMARTS) is 1. The lowest BCUT2D eigenvalue weighted by molar-refractivity contribution is -0.151. The summed E-state index contributed by atoms with van der Waals surface area (Å²) in [7, 11) is 0. The SMILES string of the molecule is CC(C)(C(=O)O)C(=O)Nc1ccccc1C(C)(C)C. The molecule has 0 unspecified atom stereocenters. The molecule has 0 aliphatic carbocycles. The summed E-state index contributed by atoms with van der Waals surface area (Å²) < 4.78 is 0. The predicted molar refractivity (Wildman–Crippen MR) is 75.2 cm³/mol. The molecule has 19 heavy (non-hydrogen) atoms. The smallest absolute Gasteiger partial charge is 0.318 e. The summed E-state index contributed by atoms with van der Waals surface area (Å²) in [5, 5.41) is 11.8. The van der Waals surface area contributed by atoms with E-state index in [9.17, 15) is 9.59 Å². The molecule has 0 saturated carbocycles. The molecule has 0 aromatic heterocycles. The number of carbonyl (C=O) groups excluding carboxylic acids is 1. The highest BCUT2D eigenvalue weighted by Crippen LogP contribution is 2.30. The van der Waals surface area contributed by atoms with E-state index in [0.29, 0.717) is 5.69 Å². The number of carboxylic acids is 1. The lowest BCUT2D eigenvalue weighted by atomic mass is 9.85. The van der Waals surface area contributed by atoms with Crippen molar-refractivity contribution in [1.82, 2.24) is 0 Å². The zero-order chi connectivity index (χ0) is 14.8. The third-order valence-corrected chi connectivity index (χ3v) is 3.09. The number of anilines is 1. The average Bonchev–Trinajstić information content (AvgIpc) is 2.27. The lowest BCUT2D eigenvalue weighted by Gasteiger charge is -2.25. The first kappa shape index (κ1) is 15.2. The molecule has 1 amide bonds. The molecule has 1 aromatic carbocycles. The van der Waals surface area contributed by atoms with Crippen LogP contribution >= 0.6 is 0 Å². The maximum absolute atomic E-state index is 12.1. The Balaban J connectivity index is 3.08. The van der Waals surface area contributed by atoms with Gasteiger partial charge in [-0.05, 0) is 30.9 Å². The van der Waals surface area contributed by atoms with Crippen LogP contribution in [0.4, 0.5) is 5.69 Å². The molecule has 0 heterocycles. The molecule has 0 saturated heterocycles. The Morgan fingerprint density at radius 3 is 2.05 bits per heavy atom. The first-order valence-corrected chi connectivity index (χ1v) is 6.21. The summed E-state index contributed by atoms with van der Waals surface area (Å²) >= 11 is 0. The van der Waals surface area contributed by atoms with Crippen LogP contribution in [0.2, 0.25) is 0 Å². The minimum Gasteiger partial charge on any atom is -0.480 e. The van der Waals surface area contributed by atoms with Crippen LogP contribution in [-0.2, 0) is 15.0 Å². The van der Waals surface area contributed by atoms with Crippen molar-refractivity contribution >= 4 is 17.6 Å². The van der Waals surface area contributed by atoms with E-state index < -0.39 is 17.3 Å². The summed E-state index contributed by atoms with van der Waals surface area (Å²) in [6.07, 6.45) is 0. The normalized spacial score (nSPS) is 12.1. The third kappa shape index (κ3) is 3.34. The fraction of sp³-hybridized carbons (Fsp3) is 0.467. The minimum absolute atomic E-state index is 0.128. The van der Waals surface area contributed by atoms with Crippen molar-refractivity contribution in [3.8, 4) is 0 Å². The van der Waals surface area contributed by atoms with Gasteiger partial charge < -0.3 is 10.4 Å². The number of amides is 1. The monoisotopic (exact) mass is 263 g/mol. The van der Waals surface area contributed by atoms with Crippen LogP contribution in [0.15, 0.2) is 24.3 Å². The van der Waals surface area contributed by atoms with E-state index in [1.807, 2.05) is 39.0 Å². The summed E-state index contributed by atoms with van der Waals surface area (Å²) in [5.74, 6) is -1.66. The number of hydrogen-bond acceptors (Lipinski definition) is 2. The quantitative estimate of drug-likeness (QED) is 0.824. The van der Waals surface area contributed by atoms with Gasteiger partial charge in [0.2, 0.25) is 5.91 Å². The molecule has 0 atom stereocenters. The zero-order valence-corrected chi connectivity index (χ0v) is 12.1. The number of carbonyl (C=O) groups is 2. The van der Waals surface area contributed by atoms with Crippen molar-refractivity contribution in [3.05, 3.63) is 29.8 Å². The Hall–Kier alpha value is -1.84. The van der Waals surface area contributed by atoms with E-state index in [-0.39, 0.29) is 5.41 Å². The molecule has 0 aliphatic heterocycles. The van der Waals surface area contributed by atoms with E-state index >= 15 is 0 Å². The summed E-state index contributed by atoms with van der Waals surface area (Å²) in [5.41, 5.74) is 0.0567. The van der Waals surface area contributed by atoms with Crippen molar-refractivity contribution in [2.24, 2.45) is 5.41 Å². The first-order chi connectivity index (χ1) is 8.56. The maximum Gasteiger partial charge on any atom is 0.318 e. The van der Waals surface area contributed by atoms with Crippen LogP contribution in [0.3, 0.4) is 0 Å². The number of para-hydroxylation sites is 1. The first-order valence-electron chi connectivity index (χ1n) is 6.21. The van der Waals surface area contributed by atoms with Gasteiger partial charge in [-0.2, -0.15) is 0 Å². The van der Waals surface area contributed by atoms with Crippen molar-refractivity contribution in [3.63, 3.8) is 0 Å². The van der Waals surface area contributed by atoms with Gasteiger partial charge in [0.1, 0.15) is 5.41 Å². The summed E-state index contributed by atoms with van der Waals surface area (Å²) in [6, 6.07) is 7.44. The summed E-state index contributed by atoms with van der Waals surface area (Å²) in [6.45, 7) is 8.91. The second-order valence-electron chi connectivity index (χ2n) is 6.18. The predicted octanol–water partition coefficient (Wildman–Crippen LogP) is 3.03. The largest absolute Gasteiger partial charge is 0.480 e. The molecular formula is C15H21NO3. The van der Waals surface area contributed by atoms with Crippen LogP contribution in [0, 0.1) is 5.41 Å². The highest BCUT2D eigenvalue weighted by molar-refractivity contribution is 6.07. The van der Waals surface area contributed by atoms with E-state index in [1.54, 1.807) is 6.07 Å². The van der Waals surface area contributed by atoms with E-state index in [0.717, 1.165) is 5.56 Å². The van der Waals surface area contributed by atoms with E-state index in [4.69, 9.17) is 5.11 Å². The van der Waals surface area contributed by atoms with Gasteiger partial charge in [-0.3, -0.25) is 9.59 Å². The molecule has 104 valence electrons. The molecule has 0 aliphatic rings. The second-order valence-corrected chi connectivity index (χ2v) is 6.18. The Morgan fingerprint density at radius 1 is 1.05 bits per heavy atom. The van der Waals surface area contributed by atoms with Crippen LogP contribution in [0.25, 0.3) is 0 Å². The minimum atomic E-state index is -1.45. The third-order valence-electron chi connectivity index (χ3n) is 3.09. The topological polar surface area (TPSA) is 66.4 Å². The Labute approximate surface area is 113 Å². The van der Waals surface area contributed by atoms with Crippen LogP contribution in [0.1, 0.15) is 40.2 Å². The number of aliphatic carboxylic acids is 1. The van der Waals surface area contributed by atoms with Gasteiger partial charge in [0.25, 0.3) is 0 Å². The van der Waals surface area contributed by atoms with Gasteiger partial charge >= 0.3 is 5.97 Å². The molecular weight excluding hydrogens is 242 g/mol. The van der Waals surface area contributed by atoms with Crippen molar-refractivity contribution in [2.75, 3.05) is 5.32 Å². The van der Waals surface area contributed by atoms with E-state index in [1.165, 1.54) is 13.8 Å². The molecule has 2 N–H and O–H groups in total. The van der Waals surface area contributed by atoms with Gasteiger partial charge in [-0.25, -0.2) is 0 Å². The van der Waals surface area contributed by atoms with Gasteiger partial charge in [-0.1, -0.05) is 39.0 Å². The van der Waals surface area contributed by atoms with Crippen LogP contribution in [-0.4, -0.2) is 17.0 Å². The molecule has 1 aromatic rings. The Kier molecular flexibility index (Phi) is 4.03. The highest BCUT2D eigenvalue weighted by Gasteiger charge is 2.36. The standard InChI is InChI=1S/C15H21NO3/c1-14(2,3)10-8-6-7-9-11(10)16-12(17)15(4,5)13(18)19/h6-9H,1-5H3,(H,16,17)(H,18,19). The zero-order valence-electron chi connectivity index (χ0n) is 12.1. The molecule has 4 heteroatoms. The second kappa shape index (κ2) is 5.03. The highest BCUT2D eigenvalue weighted by atomic mass is 16.4. The fourth-order valence-electron chi connectivity index (χ4n) is 1.62. The van der Waals surface area contributed by atoms with E-state index in [2.05, 4.69) is 5.32 Å². The Morgan fingerprint density at radius 2 is 1.58 bits per heavy atom. The van der Waals surface area contributed by atoms with Crippen LogP contribution < -0.4 is 5.32 Å². The molecule has 0 radical (unpaired) electrons. The number of hydrogen-bond donors (Lipinski definition) is 2. The number of nitrogens with one attached hydrogen (secondary N) is 1. The molecule has 0 bridgehead atoms. The fourth-order valence-corrected chi connectivity index (χ4v) is 1.62. The van der Waals surface area contributed by atoms with Crippen molar-refractivity contribution in [2.45, 2.75) is 40.0 Å². The van der Waals surface area contributed by atoms with Gasteiger partial charge in [0.05, 0.1) is 0 Å². The van der Waals surface area contributed by atoms with Crippen molar-refractivity contribution < 1.29 is 14.7 Å².